The standard InChI is InChI=1S/C25H29ClN6O4/c1-35-20-9-8-16(12-19(20)26)13-28-22-21(23(34)29-14-17-6-3-4-10-27-17)24(36-2)31-25(30-22)32-11-5-7-18(32)15-33/h3-4,6,8-10,12,18,33H,5,7,11,13-15H2,1-2H3,(H,29,34)(H,28,30,31)/t18-/m0/s1. The van der Waals surface area contributed by atoms with Crippen LogP contribution in [0, 0.1) is 0 Å². The number of ether oxygens (including phenoxy) is 2. The molecule has 0 aliphatic carbocycles. The highest BCUT2D eigenvalue weighted by Gasteiger charge is 2.30. The Labute approximate surface area is 214 Å². The van der Waals surface area contributed by atoms with Crippen molar-refractivity contribution in [1.29, 1.82) is 0 Å². The second-order valence-corrected chi connectivity index (χ2v) is 8.66. The van der Waals surface area contributed by atoms with Crippen LogP contribution >= 0.6 is 11.6 Å². The van der Waals surface area contributed by atoms with Gasteiger partial charge in [0.2, 0.25) is 11.8 Å². The topological polar surface area (TPSA) is 122 Å². The molecule has 190 valence electrons. The number of methoxy groups -OCH3 is 2. The summed E-state index contributed by atoms with van der Waals surface area (Å²) in [6.07, 6.45) is 3.42. The average Bonchev–Trinajstić information content (AvgIpc) is 3.39. The molecule has 1 fully saturated rings. The number of rotatable bonds is 10. The molecule has 1 aliphatic heterocycles. The number of benzene rings is 1. The SMILES string of the molecule is COc1ccc(CNc2nc(N3CCC[C@H]3CO)nc(OC)c2C(=O)NCc2ccccn2)cc1Cl. The summed E-state index contributed by atoms with van der Waals surface area (Å²) in [5.41, 5.74) is 1.76. The fraction of sp³-hybridized carbons (Fsp3) is 0.360. The molecule has 10 nitrogen and oxygen atoms in total. The zero-order valence-corrected chi connectivity index (χ0v) is 21.0. The minimum absolute atomic E-state index is 0.00883. The number of hydrogen-bond acceptors (Lipinski definition) is 9. The van der Waals surface area contributed by atoms with Gasteiger partial charge in [0.05, 0.1) is 44.1 Å². The van der Waals surface area contributed by atoms with Crippen molar-refractivity contribution in [2.45, 2.75) is 32.0 Å². The van der Waals surface area contributed by atoms with Crippen molar-refractivity contribution in [3.8, 4) is 11.6 Å². The van der Waals surface area contributed by atoms with Gasteiger partial charge in [0.1, 0.15) is 17.1 Å². The van der Waals surface area contributed by atoms with E-state index in [4.69, 9.17) is 21.1 Å². The summed E-state index contributed by atoms with van der Waals surface area (Å²) in [6.45, 7) is 1.27. The monoisotopic (exact) mass is 512 g/mol. The Hall–Kier alpha value is -3.63. The van der Waals surface area contributed by atoms with Crippen LogP contribution in [0.15, 0.2) is 42.6 Å². The van der Waals surface area contributed by atoms with Crippen LogP contribution in [-0.2, 0) is 13.1 Å². The molecule has 2 aromatic heterocycles. The minimum Gasteiger partial charge on any atom is -0.495 e. The van der Waals surface area contributed by atoms with Crippen LogP contribution in [-0.4, -0.2) is 59.4 Å². The van der Waals surface area contributed by atoms with Gasteiger partial charge in [0.25, 0.3) is 5.91 Å². The van der Waals surface area contributed by atoms with Crippen molar-refractivity contribution in [2.24, 2.45) is 0 Å². The number of anilines is 2. The van der Waals surface area contributed by atoms with Crippen molar-refractivity contribution >= 4 is 29.3 Å². The molecule has 3 heterocycles. The Morgan fingerprint density at radius 1 is 1.19 bits per heavy atom. The zero-order valence-electron chi connectivity index (χ0n) is 20.2. The third-order valence-corrected chi connectivity index (χ3v) is 6.26. The van der Waals surface area contributed by atoms with E-state index in [1.54, 1.807) is 25.4 Å². The lowest BCUT2D eigenvalue weighted by Crippen LogP contribution is -2.34. The molecule has 3 N–H and O–H groups in total. The van der Waals surface area contributed by atoms with Gasteiger partial charge in [0, 0.05) is 19.3 Å². The van der Waals surface area contributed by atoms with E-state index in [2.05, 4.69) is 25.6 Å². The molecule has 1 aliphatic rings. The van der Waals surface area contributed by atoms with E-state index in [0.717, 1.165) is 18.4 Å². The van der Waals surface area contributed by atoms with Gasteiger partial charge in [-0.25, -0.2) is 0 Å². The van der Waals surface area contributed by atoms with Crippen molar-refractivity contribution in [2.75, 3.05) is 37.6 Å². The van der Waals surface area contributed by atoms with Crippen LogP contribution in [0.3, 0.4) is 0 Å². The smallest absolute Gasteiger partial charge is 0.260 e. The molecule has 3 aromatic rings. The Morgan fingerprint density at radius 3 is 2.75 bits per heavy atom. The van der Waals surface area contributed by atoms with Crippen LogP contribution < -0.4 is 25.0 Å². The van der Waals surface area contributed by atoms with Gasteiger partial charge < -0.3 is 30.1 Å². The van der Waals surface area contributed by atoms with Gasteiger partial charge in [-0.2, -0.15) is 9.97 Å². The predicted octanol–water partition coefficient (Wildman–Crippen LogP) is 3.05. The summed E-state index contributed by atoms with van der Waals surface area (Å²) in [5.74, 6) is 1.01. The molecule has 0 bridgehead atoms. The molecule has 1 amide bonds. The fourth-order valence-electron chi connectivity index (χ4n) is 4.09. The normalized spacial score (nSPS) is 15.0. The van der Waals surface area contributed by atoms with Crippen molar-refractivity contribution in [1.82, 2.24) is 20.3 Å². The van der Waals surface area contributed by atoms with Crippen molar-refractivity contribution in [3.63, 3.8) is 0 Å². The van der Waals surface area contributed by atoms with E-state index in [0.29, 0.717) is 41.3 Å². The maximum Gasteiger partial charge on any atom is 0.260 e. The summed E-state index contributed by atoms with van der Waals surface area (Å²) in [5, 5.41) is 16.4. The van der Waals surface area contributed by atoms with Crippen LogP contribution in [0.2, 0.25) is 5.02 Å². The summed E-state index contributed by atoms with van der Waals surface area (Å²) in [7, 11) is 3.02. The van der Waals surface area contributed by atoms with E-state index < -0.39 is 5.91 Å². The predicted molar refractivity (Wildman–Crippen MR) is 137 cm³/mol. The van der Waals surface area contributed by atoms with Gasteiger partial charge in [0.15, 0.2) is 0 Å². The first-order valence-electron chi connectivity index (χ1n) is 11.6. The van der Waals surface area contributed by atoms with Crippen LogP contribution in [0.25, 0.3) is 0 Å². The molecule has 1 atom stereocenters. The highest BCUT2D eigenvalue weighted by atomic mass is 35.5. The highest BCUT2D eigenvalue weighted by molar-refractivity contribution is 6.32. The van der Waals surface area contributed by atoms with Crippen molar-refractivity contribution < 1.29 is 19.4 Å². The van der Waals surface area contributed by atoms with E-state index in [-0.39, 0.29) is 30.6 Å². The van der Waals surface area contributed by atoms with Gasteiger partial charge in [-0.05, 0) is 42.7 Å². The summed E-state index contributed by atoms with van der Waals surface area (Å²) in [6, 6.07) is 10.8. The van der Waals surface area contributed by atoms with Gasteiger partial charge in [-0.3, -0.25) is 9.78 Å². The highest BCUT2D eigenvalue weighted by Crippen LogP contribution is 2.31. The number of nitrogens with zero attached hydrogens (tertiary/aromatic N) is 4. The van der Waals surface area contributed by atoms with E-state index in [1.165, 1.54) is 7.11 Å². The van der Waals surface area contributed by atoms with Crippen LogP contribution in [0.5, 0.6) is 11.6 Å². The lowest BCUT2D eigenvalue weighted by Gasteiger charge is -2.25. The minimum atomic E-state index is -0.403. The van der Waals surface area contributed by atoms with E-state index in [9.17, 15) is 9.90 Å². The molecule has 1 saturated heterocycles. The Bertz CT molecular complexity index is 1200. The summed E-state index contributed by atoms with van der Waals surface area (Å²) in [4.78, 5) is 28.7. The number of carbonyl (C=O) groups is 1. The van der Waals surface area contributed by atoms with Crippen LogP contribution in [0.4, 0.5) is 11.8 Å². The lowest BCUT2D eigenvalue weighted by atomic mass is 10.2. The molecule has 0 spiro atoms. The molecule has 36 heavy (non-hydrogen) atoms. The third-order valence-electron chi connectivity index (χ3n) is 5.96. The van der Waals surface area contributed by atoms with Gasteiger partial charge in [-0.15, -0.1) is 0 Å². The number of aliphatic hydroxyl groups excluding tert-OH is 1. The number of nitrogens with one attached hydrogen (secondary N) is 2. The number of hydrogen-bond donors (Lipinski definition) is 3. The Kier molecular flexibility index (Phi) is 8.40. The summed E-state index contributed by atoms with van der Waals surface area (Å²) >= 11 is 6.28. The second kappa shape index (κ2) is 11.9. The van der Waals surface area contributed by atoms with Gasteiger partial charge >= 0.3 is 0 Å². The number of aromatic nitrogens is 3. The van der Waals surface area contributed by atoms with E-state index in [1.807, 2.05) is 29.2 Å². The molecule has 0 radical (unpaired) electrons. The number of amides is 1. The first-order chi connectivity index (χ1) is 17.5. The lowest BCUT2D eigenvalue weighted by molar-refractivity contribution is 0.0947. The van der Waals surface area contributed by atoms with Gasteiger partial charge in [-0.1, -0.05) is 23.7 Å². The Balaban J connectivity index is 1.65. The zero-order chi connectivity index (χ0) is 25.5. The molecule has 1 aromatic carbocycles. The second-order valence-electron chi connectivity index (χ2n) is 8.25. The molecule has 0 saturated carbocycles. The quantitative estimate of drug-likeness (QED) is 0.376. The molecule has 0 unspecified atom stereocenters. The first-order valence-corrected chi connectivity index (χ1v) is 12.0. The van der Waals surface area contributed by atoms with Crippen molar-refractivity contribution in [3.05, 3.63) is 64.4 Å². The average molecular weight is 513 g/mol. The number of aliphatic hydroxyl groups is 1. The Morgan fingerprint density at radius 2 is 2.06 bits per heavy atom. The maximum atomic E-state index is 13.3. The number of carbonyl (C=O) groups excluding carboxylic acids is 1. The van der Waals surface area contributed by atoms with E-state index >= 15 is 0 Å². The third kappa shape index (κ3) is 5.77. The first kappa shape index (κ1) is 25.5. The number of halogens is 1. The number of pyridine rings is 1. The molecular formula is C25H29ClN6O4. The largest absolute Gasteiger partial charge is 0.495 e. The molecular weight excluding hydrogens is 484 g/mol. The molecule has 11 heteroatoms. The fourth-order valence-corrected chi connectivity index (χ4v) is 4.37. The molecule has 4 rings (SSSR count). The van der Waals surface area contributed by atoms with Crippen LogP contribution in [0.1, 0.15) is 34.5 Å². The maximum absolute atomic E-state index is 13.3. The summed E-state index contributed by atoms with van der Waals surface area (Å²) < 4.78 is 10.8.